The number of fused-ring (bicyclic) bond motifs is 1. The third-order valence-corrected chi connectivity index (χ3v) is 3.99. The van der Waals surface area contributed by atoms with Crippen LogP contribution in [-0.2, 0) is 9.47 Å². The zero-order valence-electron chi connectivity index (χ0n) is 12.3. The van der Waals surface area contributed by atoms with Crippen molar-refractivity contribution in [3.05, 3.63) is 29.5 Å². The van der Waals surface area contributed by atoms with Crippen LogP contribution in [0.15, 0.2) is 22.8 Å². The van der Waals surface area contributed by atoms with Crippen molar-refractivity contribution in [2.75, 3.05) is 25.6 Å². The highest BCUT2D eigenvalue weighted by Gasteiger charge is 2.21. The Morgan fingerprint density at radius 3 is 2.86 bits per heavy atom. The Bertz CT molecular complexity index is 656. The van der Waals surface area contributed by atoms with E-state index < -0.39 is 0 Å². The third-order valence-electron chi connectivity index (χ3n) is 3.99. The van der Waals surface area contributed by atoms with Crippen LogP contribution >= 0.6 is 0 Å². The quantitative estimate of drug-likeness (QED) is 0.880. The van der Waals surface area contributed by atoms with Gasteiger partial charge in [-0.05, 0) is 31.4 Å². The summed E-state index contributed by atoms with van der Waals surface area (Å²) < 4.78 is 15.7. The average molecular weight is 289 g/mol. The van der Waals surface area contributed by atoms with Gasteiger partial charge in [0.25, 0.3) is 0 Å². The van der Waals surface area contributed by atoms with E-state index in [0.29, 0.717) is 17.2 Å². The normalized spacial score (nSPS) is 16.1. The first-order valence-corrected chi connectivity index (χ1v) is 7.14. The van der Waals surface area contributed by atoms with E-state index in [1.807, 2.05) is 13.0 Å². The molecular formula is C16H19NO4. The van der Waals surface area contributed by atoms with E-state index in [9.17, 15) is 4.79 Å². The molecule has 0 unspecified atom stereocenters. The lowest BCUT2D eigenvalue weighted by Crippen LogP contribution is -2.28. The van der Waals surface area contributed by atoms with E-state index in [-0.39, 0.29) is 5.97 Å². The van der Waals surface area contributed by atoms with Gasteiger partial charge in [-0.3, -0.25) is 0 Å². The molecule has 21 heavy (non-hydrogen) atoms. The molecular weight excluding hydrogens is 270 g/mol. The molecule has 1 saturated heterocycles. The molecule has 0 spiro atoms. The van der Waals surface area contributed by atoms with Crippen LogP contribution < -0.4 is 5.32 Å². The maximum Gasteiger partial charge on any atom is 0.338 e. The second-order valence-electron chi connectivity index (χ2n) is 5.28. The maximum absolute atomic E-state index is 12.1. The molecule has 1 aromatic carbocycles. The Balaban J connectivity index is 2.01. The van der Waals surface area contributed by atoms with Gasteiger partial charge in [-0.15, -0.1) is 0 Å². The highest BCUT2D eigenvalue weighted by Crippen LogP contribution is 2.31. The number of hydrogen-bond acceptors (Lipinski definition) is 5. The van der Waals surface area contributed by atoms with Crippen LogP contribution in [0.1, 0.15) is 28.8 Å². The van der Waals surface area contributed by atoms with Crippen LogP contribution in [0.5, 0.6) is 0 Å². The minimum Gasteiger partial charge on any atom is -0.465 e. The van der Waals surface area contributed by atoms with Gasteiger partial charge in [0.1, 0.15) is 5.58 Å². The Kier molecular flexibility index (Phi) is 3.84. The van der Waals surface area contributed by atoms with E-state index in [4.69, 9.17) is 13.9 Å². The zero-order valence-corrected chi connectivity index (χ0v) is 12.3. The van der Waals surface area contributed by atoms with Gasteiger partial charge in [-0.1, -0.05) is 0 Å². The van der Waals surface area contributed by atoms with Gasteiger partial charge >= 0.3 is 5.97 Å². The molecule has 112 valence electrons. The summed E-state index contributed by atoms with van der Waals surface area (Å²) in [7, 11) is 1.40. The molecule has 0 aliphatic carbocycles. The van der Waals surface area contributed by atoms with E-state index in [1.165, 1.54) is 7.11 Å². The second-order valence-corrected chi connectivity index (χ2v) is 5.28. The standard InChI is InChI=1S/C16H19NO4/c1-10-13(17-11-3-6-20-7-4-11)9-14-12(5-8-21-14)15(10)16(18)19-2/h5,8-9,11,17H,3-4,6-7H2,1-2H3. The van der Waals surface area contributed by atoms with Crippen LogP contribution in [0, 0.1) is 6.92 Å². The minimum absolute atomic E-state index is 0.338. The Morgan fingerprint density at radius 1 is 1.38 bits per heavy atom. The summed E-state index contributed by atoms with van der Waals surface area (Å²) in [5.74, 6) is -0.338. The first-order chi connectivity index (χ1) is 10.2. The molecule has 1 aliphatic heterocycles. The Hall–Kier alpha value is -2.01. The molecule has 0 atom stereocenters. The van der Waals surface area contributed by atoms with Gasteiger partial charge in [0.05, 0.1) is 18.9 Å². The summed E-state index contributed by atoms with van der Waals surface area (Å²) in [5.41, 5.74) is 3.07. The fraction of sp³-hybridized carbons (Fsp3) is 0.438. The fourth-order valence-electron chi connectivity index (χ4n) is 2.79. The van der Waals surface area contributed by atoms with Crippen LogP contribution in [0.25, 0.3) is 11.0 Å². The molecule has 0 bridgehead atoms. The van der Waals surface area contributed by atoms with Crippen molar-refractivity contribution in [2.45, 2.75) is 25.8 Å². The number of anilines is 1. The van der Waals surface area contributed by atoms with Crippen molar-refractivity contribution >= 4 is 22.6 Å². The minimum atomic E-state index is -0.338. The van der Waals surface area contributed by atoms with E-state index in [0.717, 1.165) is 42.7 Å². The predicted octanol–water partition coefficient (Wildman–Crippen LogP) is 3.12. The largest absolute Gasteiger partial charge is 0.465 e. The SMILES string of the molecule is COC(=O)c1c(C)c(NC2CCOCC2)cc2occc12. The van der Waals surface area contributed by atoms with Crippen molar-refractivity contribution in [3.63, 3.8) is 0 Å². The molecule has 1 aliphatic rings. The molecule has 5 nitrogen and oxygen atoms in total. The molecule has 0 saturated carbocycles. The van der Waals surface area contributed by atoms with Crippen molar-refractivity contribution < 1.29 is 18.7 Å². The number of benzene rings is 1. The highest BCUT2D eigenvalue weighted by molar-refractivity contribution is 6.06. The van der Waals surface area contributed by atoms with Crippen molar-refractivity contribution in [3.8, 4) is 0 Å². The number of nitrogens with one attached hydrogen (secondary N) is 1. The van der Waals surface area contributed by atoms with Gasteiger partial charge in [0.2, 0.25) is 0 Å². The monoisotopic (exact) mass is 289 g/mol. The molecule has 2 heterocycles. The summed E-state index contributed by atoms with van der Waals surface area (Å²) in [5, 5.41) is 4.29. The van der Waals surface area contributed by atoms with E-state index in [2.05, 4.69) is 5.32 Å². The third kappa shape index (κ3) is 2.61. The Morgan fingerprint density at radius 2 is 2.14 bits per heavy atom. The van der Waals surface area contributed by atoms with Crippen LogP contribution in [0.3, 0.4) is 0 Å². The summed E-state index contributed by atoms with van der Waals surface area (Å²) in [6.07, 6.45) is 3.52. The smallest absolute Gasteiger partial charge is 0.338 e. The van der Waals surface area contributed by atoms with Crippen LogP contribution in [0.2, 0.25) is 0 Å². The lowest BCUT2D eigenvalue weighted by molar-refractivity contribution is 0.0602. The number of ether oxygens (including phenoxy) is 2. The van der Waals surface area contributed by atoms with E-state index in [1.54, 1.807) is 12.3 Å². The number of furan rings is 1. The van der Waals surface area contributed by atoms with Gasteiger partial charge in [-0.25, -0.2) is 4.79 Å². The maximum atomic E-state index is 12.1. The van der Waals surface area contributed by atoms with Crippen LogP contribution in [-0.4, -0.2) is 32.3 Å². The second kappa shape index (κ2) is 5.77. The Labute approximate surface area is 123 Å². The van der Waals surface area contributed by atoms with Gasteiger partial charge in [0, 0.05) is 36.4 Å². The molecule has 2 aromatic rings. The summed E-state index contributed by atoms with van der Waals surface area (Å²) in [6, 6.07) is 4.11. The summed E-state index contributed by atoms with van der Waals surface area (Å²) in [6.45, 7) is 3.47. The van der Waals surface area contributed by atoms with Crippen molar-refractivity contribution in [1.82, 2.24) is 0 Å². The van der Waals surface area contributed by atoms with Crippen molar-refractivity contribution in [2.24, 2.45) is 0 Å². The van der Waals surface area contributed by atoms with Crippen LogP contribution in [0.4, 0.5) is 5.69 Å². The molecule has 1 N–H and O–H groups in total. The predicted molar refractivity (Wildman–Crippen MR) is 79.8 cm³/mol. The molecule has 0 amide bonds. The van der Waals surface area contributed by atoms with E-state index >= 15 is 0 Å². The number of rotatable bonds is 3. The van der Waals surface area contributed by atoms with Crippen molar-refractivity contribution in [1.29, 1.82) is 0 Å². The number of methoxy groups -OCH3 is 1. The topological polar surface area (TPSA) is 60.7 Å². The highest BCUT2D eigenvalue weighted by atomic mass is 16.5. The molecule has 1 fully saturated rings. The number of carbonyl (C=O) groups excluding carboxylic acids is 1. The van der Waals surface area contributed by atoms with Gasteiger partial charge < -0.3 is 19.2 Å². The lowest BCUT2D eigenvalue weighted by Gasteiger charge is -2.25. The van der Waals surface area contributed by atoms with Gasteiger partial charge in [0.15, 0.2) is 0 Å². The average Bonchev–Trinajstić information content (AvgIpc) is 2.96. The lowest BCUT2D eigenvalue weighted by atomic mass is 10.0. The molecule has 3 rings (SSSR count). The number of esters is 1. The number of carbonyl (C=O) groups is 1. The number of hydrogen-bond donors (Lipinski definition) is 1. The summed E-state index contributed by atoms with van der Waals surface area (Å²) in [4.78, 5) is 12.1. The first kappa shape index (κ1) is 13.9. The fourth-order valence-corrected chi connectivity index (χ4v) is 2.79. The molecule has 0 radical (unpaired) electrons. The first-order valence-electron chi connectivity index (χ1n) is 7.14. The summed E-state index contributed by atoms with van der Waals surface area (Å²) >= 11 is 0. The zero-order chi connectivity index (χ0) is 14.8. The molecule has 1 aromatic heterocycles. The molecule has 5 heteroatoms. The van der Waals surface area contributed by atoms with Gasteiger partial charge in [-0.2, -0.15) is 0 Å².